The summed E-state index contributed by atoms with van der Waals surface area (Å²) in [6, 6.07) is 18.4. The van der Waals surface area contributed by atoms with Gasteiger partial charge in [0.15, 0.2) is 0 Å². The van der Waals surface area contributed by atoms with Crippen LogP contribution in [0.15, 0.2) is 66.7 Å². The topological polar surface area (TPSA) is 130 Å². The lowest BCUT2D eigenvalue weighted by Crippen LogP contribution is -2.38. The van der Waals surface area contributed by atoms with Gasteiger partial charge in [0, 0.05) is 40.6 Å². The lowest BCUT2D eigenvalue weighted by atomic mass is 9.95. The average Bonchev–Trinajstić information content (AvgIpc) is 3.64. The van der Waals surface area contributed by atoms with Gasteiger partial charge in [0.25, 0.3) is 17.5 Å². The molecule has 9 heteroatoms. The van der Waals surface area contributed by atoms with E-state index >= 15 is 0 Å². The number of anilines is 1. The first-order chi connectivity index (χ1) is 17.9. The molecule has 2 bridgehead atoms. The van der Waals surface area contributed by atoms with Gasteiger partial charge in [0.1, 0.15) is 5.82 Å². The van der Waals surface area contributed by atoms with Crippen LogP contribution in [0.4, 0.5) is 11.4 Å². The first kappa shape index (κ1) is 22.9. The van der Waals surface area contributed by atoms with Gasteiger partial charge < -0.3 is 15.6 Å². The molecule has 0 spiro atoms. The van der Waals surface area contributed by atoms with E-state index in [0.29, 0.717) is 34.1 Å². The SMILES string of the molecule is O=C(Nc1ccc(-c2nc3cc(C(=O)NC4CC5CCC4C5)ccc3[nH]2)cc1)c1ccc([N+](=O)[O-])cc1. The van der Waals surface area contributed by atoms with Crippen LogP contribution in [0.5, 0.6) is 0 Å². The number of H-pyrrole nitrogens is 1. The summed E-state index contributed by atoms with van der Waals surface area (Å²) in [5.41, 5.74) is 3.83. The molecular weight excluding hydrogens is 470 g/mol. The van der Waals surface area contributed by atoms with Crippen LogP contribution in [0, 0.1) is 22.0 Å². The average molecular weight is 496 g/mol. The highest BCUT2D eigenvalue weighted by atomic mass is 16.6. The van der Waals surface area contributed by atoms with Crippen LogP contribution in [0.1, 0.15) is 46.4 Å². The van der Waals surface area contributed by atoms with Crippen molar-refractivity contribution in [3.05, 3.63) is 88.0 Å². The molecule has 0 aliphatic heterocycles. The number of nitro groups is 1. The Morgan fingerprint density at radius 2 is 1.68 bits per heavy atom. The number of benzene rings is 3. The van der Waals surface area contributed by atoms with Gasteiger partial charge in [-0.25, -0.2) is 4.98 Å². The van der Waals surface area contributed by atoms with Gasteiger partial charge in [-0.05, 0) is 85.7 Å². The lowest BCUT2D eigenvalue weighted by Gasteiger charge is -2.22. The third-order valence-electron chi connectivity index (χ3n) is 7.56. The molecule has 2 saturated carbocycles. The van der Waals surface area contributed by atoms with Crippen molar-refractivity contribution in [1.29, 1.82) is 0 Å². The van der Waals surface area contributed by atoms with Crippen LogP contribution < -0.4 is 10.6 Å². The number of carbonyl (C=O) groups excluding carboxylic acids is 2. The Hall–Kier alpha value is -4.53. The number of hydrogen-bond donors (Lipinski definition) is 3. The number of hydrogen-bond acceptors (Lipinski definition) is 5. The van der Waals surface area contributed by atoms with Crippen LogP contribution in [-0.2, 0) is 0 Å². The number of rotatable bonds is 6. The van der Waals surface area contributed by atoms with Crippen LogP contribution in [0.2, 0.25) is 0 Å². The van der Waals surface area contributed by atoms with Crippen LogP contribution in [-0.4, -0.2) is 32.7 Å². The summed E-state index contributed by atoms with van der Waals surface area (Å²) < 4.78 is 0. The maximum Gasteiger partial charge on any atom is 0.269 e. The Kier molecular flexibility index (Phi) is 5.67. The van der Waals surface area contributed by atoms with Gasteiger partial charge in [-0.3, -0.25) is 19.7 Å². The van der Waals surface area contributed by atoms with E-state index in [0.717, 1.165) is 23.4 Å². The maximum atomic E-state index is 12.9. The number of amides is 2. The molecule has 4 aromatic rings. The van der Waals surface area contributed by atoms with Crippen molar-refractivity contribution in [1.82, 2.24) is 15.3 Å². The third-order valence-corrected chi connectivity index (χ3v) is 7.56. The van der Waals surface area contributed by atoms with Gasteiger partial charge in [-0.15, -0.1) is 0 Å². The van der Waals surface area contributed by atoms with Crippen molar-refractivity contribution in [3.8, 4) is 11.4 Å². The highest BCUT2D eigenvalue weighted by Crippen LogP contribution is 2.44. The largest absolute Gasteiger partial charge is 0.349 e. The van der Waals surface area contributed by atoms with E-state index in [4.69, 9.17) is 0 Å². The second-order valence-electron chi connectivity index (χ2n) is 9.91. The van der Waals surface area contributed by atoms with Crippen molar-refractivity contribution >= 4 is 34.2 Å². The predicted octanol–water partition coefficient (Wildman–Crippen LogP) is 5.31. The summed E-state index contributed by atoms with van der Waals surface area (Å²) >= 11 is 0. The Morgan fingerprint density at radius 1 is 0.919 bits per heavy atom. The zero-order valence-electron chi connectivity index (χ0n) is 19.9. The number of non-ortho nitro benzene ring substituents is 1. The monoisotopic (exact) mass is 495 g/mol. The van der Waals surface area contributed by atoms with Crippen molar-refractivity contribution in [2.45, 2.75) is 31.7 Å². The molecule has 3 unspecified atom stereocenters. The molecule has 186 valence electrons. The van der Waals surface area contributed by atoms with Crippen LogP contribution in [0.25, 0.3) is 22.4 Å². The summed E-state index contributed by atoms with van der Waals surface area (Å²) in [5.74, 6) is 1.65. The Labute approximate surface area is 212 Å². The molecule has 37 heavy (non-hydrogen) atoms. The minimum Gasteiger partial charge on any atom is -0.349 e. The predicted molar refractivity (Wildman–Crippen MR) is 139 cm³/mol. The van der Waals surface area contributed by atoms with E-state index in [1.807, 2.05) is 30.3 Å². The molecule has 0 saturated heterocycles. The number of nitrogens with one attached hydrogen (secondary N) is 3. The molecule has 3 aromatic carbocycles. The van der Waals surface area contributed by atoms with Gasteiger partial charge >= 0.3 is 0 Å². The maximum absolute atomic E-state index is 12.9. The molecule has 3 atom stereocenters. The molecule has 1 heterocycles. The summed E-state index contributed by atoms with van der Waals surface area (Å²) in [4.78, 5) is 43.6. The number of imidazole rings is 1. The zero-order chi connectivity index (χ0) is 25.5. The van der Waals surface area contributed by atoms with Gasteiger partial charge in [-0.2, -0.15) is 0 Å². The number of aromatic nitrogens is 2. The second kappa shape index (κ2) is 9.16. The molecule has 3 N–H and O–H groups in total. The molecule has 1 aromatic heterocycles. The first-order valence-electron chi connectivity index (χ1n) is 12.4. The summed E-state index contributed by atoms with van der Waals surface area (Å²) in [7, 11) is 0. The molecule has 2 aliphatic carbocycles. The van der Waals surface area contributed by atoms with E-state index in [1.165, 1.54) is 43.5 Å². The second-order valence-corrected chi connectivity index (χ2v) is 9.91. The Balaban J connectivity index is 1.13. The molecule has 2 amide bonds. The summed E-state index contributed by atoms with van der Waals surface area (Å²) in [6.45, 7) is 0. The standard InChI is InChI=1S/C28H25N5O4/c34-27(18-5-10-22(11-6-18)33(36)37)29-21-8-3-17(4-9-21)26-30-23-12-7-20(15-25(23)31-26)28(35)32-24-14-16-1-2-19(24)13-16/h3-12,15-16,19,24H,1-2,13-14H2,(H,29,34)(H,30,31)(H,32,35). The zero-order valence-corrected chi connectivity index (χ0v) is 19.9. The normalized spacial score (nSPS) is 20.2. The molecule has 0 radical (unpaired) electrons. The van der Waals surface area contributed by atoms with Gasteiger partial charge in [-0.1, -0.05) is 6.42 Å². The Morgan fingerprint density at radius 3 is 2.35 bits per heavy atom. The Bertz CT molecular complexity index is 1510. The van der Waals surface area contributed by atoms with Crippen molar-refractivity contribution in [2.24, 2.45) is 11.8 Å². The lowest BCUT2D eigenvalue weighted by molar-refractivity contribution is -0.384. The van der Waals surface area contributed by atoms with Crippen molar-refractivity contribution in [3.63, 3.8) is 0 Å². The number of nitrogens with zero attached hydrogens (tertiary/aromatic N) is 2. The first-order valence-corrected chi connectivity index (χ1v) is 12.4. The number of nitro benzene ring substituents is 1. The van der Waals surface area contributed by atoms with E-state index in [1.54, 1.807) is 12.1 Å². The minimum atomic E-state index is -0.506. The summed E-state index contributed by atoms with van der Waals surface area (Å²) in [5, 5.41) is 16.8. The van der Waals surface area contributed by atoms with Crippen LogP contribution >= 0.6 is 0 Å². The van der Waals surface area contributed by atoms with E-state index in [-0.39, 0.29) is 23.5 Å². The molecule has 6 rings (SSSR count). The molecule has 2 fully saturated rings. The highest BCUT2D eigenvalue weighted by molar-refractivity contribution is 6.04. The summed E-state index contributed by atoms with van der Waals surface area (Å²) in [6.07, 6.45) is 4.85. The third kappa shape index (κ3) is 4.55. The van der Waals surface area contributed by atoms with Crippen molar-refractivity contribution < 1.29 is 14.5 Å². The van der Waals surface area contributed by atoms with E-state index in [2.05, 4.69) is 20.6 Å². The smallest absolute Gasteiger partial charge is 0.269 e. The highest BCUT2D eigenvalue weighted by Gasteiger charge is 2.40. The van der Waals surface area contributed by atoms with E-state index < -0.39 is 4.92 Å². The fourth-order valence-corrected chi connectivity index (χ4v) is 5.61. The fraction of sp³-hybridized carbons (Fsp3) is 0.250. The van der Waals surface area contributed by atoms with E-state index in [9.17, 15) is 19.7 Å². The number of fused-ring (bicyclic) bond motifs is 3. The molecule has 2 aliphatic rings. The van der Waals surface area contributed by atoms with Crippen LogP contribution in [0.3, 0.4) is 0 Å². The van der Waals surface area contributed by atoms with Gasteiger partial charge in [0.2, 0.25) is 0 Å². The molecule has 9 nitrogen and oxygen atoms in total. The molecular formula is C28H25N5O4. The fourth-order valence-electron chi connectivity index (χ4n) is 5.61. The number of aromatic amines is 1. The van der Waals surface area contributed by atoms with Gasteiger partial charge in [0.05, 0.1) is 16.0 Å². The quantitative estimate of drug-likeness (QED) is 0.247. The van der Waals surface area contributed by atoms with Crippen molar-refractivity contribution in [2.75, 3.05) is 5.32 Å². The number of carbonyl (C=O) groups is 2. The minimum absolute atomic E-state index is 0.0443.